The van der Waals surface area contributed by atoms with Crippen molar-refractivity contribution in [3.63, 3.8) is 0 Å². The van der Waals surface area contributed by atoms with Crippen LogP contribution in [0.15, 0.2) is 12.2 Å². The van der Waals surface area contributed by atoms with Crippen LogP contribution in [0.2, 0.25) is 0 Å². The lowest BCUT2D eigenvalue weighted by Gasteiger charge is -2.16. The highest BCUT2D eigenvalue weighted by Crippen LogP contribution is 2.08. The molecule has 0 saturated carbocycles. The van der Waals surface area contributed by atoms with Gasteiger partial charge >= 0.3 is 0 Å². The molecule has 0 spiro atoms. The minimum atomic E-state index is -0.0532. The standard InChI is InChI=1S/C10H19NO/c1-7(2)6-9(11-5)10(12)8(3)4/h7,9,11H,3,6H2,1-2,4-5H3/t9-/m0/s1. The largest absolute Gasteiger partial charge is 0.310 e. The molecule has 0 aliphatic heterocycles. The smallest absolute Gasteiger partial charge is 0.174 e. The second-order valence-electron chi connectivity index (χ2n) is 3.62. The highest BCUT2D eigenvalue weighted by atomic mass is 16.1. The normalized spacial score (nSPS) is 13.1. The summed E-state index contributed by atoms with van der Waals surface area (Å²) in [6.45, 7) is 9.61. The summed E-state index contributed by atoms with van der Waals surface area (Å²) < 4.78 is 0. The number of ketones is 1. The van der Waals surface area contributed by atoms with Crippen molar-refractivity contribution in [2.45, 2.75) is 33.2 Å². The molecule has 0 aliphatic rings. The first-order valence-corrected chi connectivity index (χ1v) is 4.36. The van der Waals surface area contributed by atoms with Crippen LogP contribution in [0.4, 0.5) is 0 Å². The average Bonchev–Trinajstić information content (AvgIpc) is 1.98. The van der Waals surface area contributed by atoms with Crippen LogP contribution in [0.5, 0.6) is 0 Å². The van der Waals surface area contributed by atoms with E-state index in [4.69, 9.17) is 0 Å². The third kappa shape index (κ3) is 3.67. The molecule has 0 aromatic rings. The molecule has 0 heterocycles. The van der Waals surface area contributed by atoms with Crippen LogP contribution in [0.3, 0.4) is 0 Å². The van der Waals surface area contributed by atoms with Crippen LogP contribution >= 0.6 is 0 Å². The van der Waals surface area contributed by atoms with Gasteiger partial charge in [0.25, 0.3) is 0 Å². The fraction of sp³-hybridized carbons (Fsp3) is 0.700. The van der Waals surface area contributed by atoms with E-state index in [0.29, 0.717) is 11.5 Å². The van der Waals surface area contributed by atoms with E-state index >= 15 is 0 Å². The van der Waals surface area contributed by atoms with E-state index in [1.807, 2.05) is 7.05 Å². The number of carbonyl (C=O) groups excluding carboxylic acids is 1. The average molecular weight is 169 g/mol. The van der Waals surface area contributed by atoms with Gasteiger partial charge in [0.1, 0.15) is 0 Å². The van der Waals surface area contributed by atoms with Gasteiger partial charge < -0.3 is 5.32 Å². The molecule has 12 heavy (non-hydrogen) atoms. The number of Topliss-reactive ketones (excluding diaryl/α,β-unsaturated/α-hetero) is 1. The molecule has 1 N–H and O–H groups in total. The summed E-state index contributed by atoms with van der Waals surface area (Å²) in [5.41, 5.74) is 0.634. The lowest BCUT2D eigenvalue weighted by molar-refractivity contribution is -0.117. The Morgan fingerprint density at radius 2 is 2.00 bits per heavy atom. The first kappa shape index (κ1) is 11.4. The molecule has 0 saturated heterocycles. The molecule has 2 heteroatoms. The van der Waals surface area contributed by atoms with Gasteiger partial charge in [-0.25, -0.2) is 0 Å². The monoisotopic (exact) mass is 169 g/mol. The highest BCUT2D eigenvalue weighted by molar-refractivity contribution is 5.98. The Bertz CT molecular complexity index is 173. The first-order chi connectivity index (χ1) is 5.49. The van der Waals surface area contributed by atoms with Gasteiger partial charge in [0.05, 0.1) is 6.04 Å². The zero-order valence-electron chi connectivity index (χ0n) is 8.48. The van der Waals surface area contributed by atoms with E-state index in [1.54, 1.807) is 6.92 Å². The van der Waals surface area contributed by atoms with Gasteiger partial charge in [0.15, 0.2) is 5.78 Å². The third-order valence-corrected chi connectivity index (χ3v) is 1.79. The molecule has 0 aliphatic carbocycles. The summed E-state index contributed by atoms with van der Waals surface area (Å²) in [7, 11) is 1.81. The van der Waals surface area contributed by atoms with Crippen LogP contribution in [-0.2, 0) is 4.79 Å². The van der Waals surface area contributed by atoms with Crippen molar-refractivity contribution in [1.82, 2.24) is 5.32 Å². The Labute approximate surface area is 75.0 Å². The van der Waals surface area contributed by atoms with Crippen LogP contribution in [0, 0.1) is 5.92 Å². The summed E-state index contributed by atoms with van der Waals surface area (Å²) in [4.78, 5) is 11.4. The summed E-state index contributed by atoms with van der Waals surface area (Å²) in [5.74, 6) is 0.664. The summed E-state index contributed by atoms with van der Waals surface area (Å²) in [6.07, 6.45) is 0.877. The number of likely N-dealkylation sites (N-methyl/N-ethyl adjacent to an activating group) is 1. The Morgan fingerprint density at radius 3 is 2.25 bits per heavy atom. The number of hydrogen-bond acceptors (Lipinski definition) is 2. The maximum Gasteiger partial charge on any atom is 0.174 e. The molecule has 0 amide bonds. The number of rotatable bonds is 5. The van der Waals surface area contributed by atoms with Crippen LogP contribution in [0.25, 0.3) is 0 Å². The molecule has 0 aromatic heterocycles. The topological polar surface area (TPSA) is 29.1 Å². The molecule has 0 aromatic carbocycles. The quantitative estimate of drug-likeness (QED) is 0.635. The van der Waals surface area contributed by atoms with Crippen molar-refractivity contribution in [3.8, 4) is 0 Å². The van der Waals surface area contributed by atoms with E-state index in [2.05, 4.69) is 25.7 Å². The molecule has 2 nitrogen and oxygen atoms in total. The SMILES string of the molecule is C=C(C)C(=O)[C@H](CC(C)C)NC. The lowest BCUT2D eigenvalue weighted by Crippen LogP contribution is -2.35. The van der Waals surface area contributed by atoms with Crippen LogP contribution in [0.1, 0.15) is 27.2 Å². The van der Waals surface area contributed by atoms with E-state index in [1.165, 1.54) is 0 Å². The van der Waals surface area contributed by atoms with E-state index in [0.717, 1.165) is 6.42 Å². The van der Waals surface area contributed by atoms with Gasteiger partial charge in [0, 0.05) is 0 Å². The summed E-state index contributed by atoms with van der Waals surface area (Å²) in [5, 5.41) is 3.00. The Balaban J connectivity index is 4.15. The van der Waals surface area contributed by atoms with Crippen molar-refractivity contribution in [1.29, 1.82) is 0 Å². The third-order valence-electron chi connectivity index (χ3n) is 1.79. The Kier molecular flexibility index (Phi) is 4.83. The first-order valence-electron chi connectivity index (χ1n) is 4.36. The molecule has 0 bridgehead atoms. The van der Waals surface area contributed by atoms with Crippen molar-refractivity contribution in [2.75, 3.05) is 7.05 Å². The van der Waals surface area contributed by atoms with Gasteiger partial charge in [-0.3, -0.25) is 4.79 Å². The van der Waals surface area contributed by atoms with Crippen molar-refractivity contribution in [2.24, 2.45) is 5.92 Å². The van der Waals surface area contributed by atoms with E-state index < -0.39 is 0 Å². The minimum absolute atomic E-state index is 0.0532. The van der Waals surface area contributed by atoms with Gasteiger partial charge in [-0.05, 0) is 31.9 Å². The maximum atomic E-state index is 11.4. The second kappa shape index (κ2) is 5.09. The molecule has 0 fully saturated rings. The zero-order valence-corrected chi connectivity index (χ0v) is 8.48. The molecule has 1 atom stereocenters. The Morgan fingerprint density at radius 1 is 1.50 bits per heavy atom. The molecule has 0 unspecified atom stereocenters. The fourth-order valence-electron chi connectivity index (χ4n) is 1.12. The van der Waals surface area contributed by atoms with Crippen molar-refractivity contribution < 1.29 is 4.79 Å². The molecular formula is C10H19NO. The van der Waals surface area contributed by atoms with E-state index in [9.17, 15) is 4.79 Å². The summed E-state index contributed by atoms with van der Waals surface area (Å²) in [6, 6.07) is -0.0532. The molecule has 70 valence electrons. The highest BCUT2D eigenvalue weighted by Gasteiger charge is 2.17. The lowest BCUT2D eigenvalue weighted by atomic mass is 9.97. The fourth-order valence-corrected chi connectivity index (χ4v) is 1.12. The van der Waals surface area contributed by atoms with E-state index in [-0.39, 0.29) is 11.8 Å². The molecular weight excluding hydrogens is 150 g/mol. The molecule has 0 rings (SSSR count). The van der Waals surface area contributed by atoms with Crippen LogP contribution in [-0.4, -0.2) is 18.9 Å². The molecule has 0 radical (unpaired) electrons. The van der Waals surface area contributed by atoms with Gasteiger partial charge in [-0.1, -0.05) is 20.4 Å². The Hall–Kier alpha value is -0.630. The van der Waals surface area contributed by atoms with Crippen molar-refractivity contribution in [3.05, 3.63) is 12.2 Å². The second-order valence-corrected chi connectivity index (χ2v) is 3.62. The minimum Gasteiger partial charge on any atom is -0.310 e. The van der Waals surface area contributed by atoms with Crippen LogP contribution < -0.4 is 5.32 Å². The number of hydrogen-bond donors (Lipinski definition) is 1. The van der Waals surface area contributed by atoms with Crippen molar-refractivity contribution >= 4 is 5.78 Å². The maximum absolute atomic E-state index is 11.4. The van der Waals surface area contributed by atoms with Gasteiger partial charge in [-0.15, -0.1) is 0 Å². The predicted octanol–water partition coefficient (Wildman–Crippen LogP) is 1.77. The predicted molar refractivity (Wildman–Crippen MR) is 52.1 cm³/mol. The van der Waals surface area contributed by atoms with Gasteiger partial charge in [0.2, 0.25) is 0 Å². The number of nitrogens with one attached hydrogen (secondary N) is 1. The van der Waals surface area contributed by atoms with Gasteiger partial charge in [-0.2, -0.15) is 0 Å². The summed E-state index contributed by atoms with van der Waals surface area (Å²) >= 11 is 0. The number of carbonyl (C=O) groups is 1. The zero-order chi connectivity index (χ0) is 9.72.